The quantitative estimate of drug-likeness (QED) is 0.707. The number of hydrogen-bond acceptors (Lipinski definition) is 5. The summed E-state index contributed by atoms with van der Waals surface area (Å²) < 4.78 is 15.6. The van der Waals surface area contributed by atoms with E-state index in [-0.39, 0.29) is 29.5 Å². The van der Waals surface area contributed by atoms with Gasteiger partial charge in [-0.1, -0.05) is 0 Å². The first-order chi connectivity index (χ1) is 13.9. The smallest absolute Gasteiger partial charge is 0.342 e. The number of methoxy groups -OCH3 is 2. The van der Waals surface area contributed by atoms with Crippen LogP contribution in [0.2, 0.25) is 0 Å². The van der Waals surface area contributed by atoms with Crippen molar-refractivity contribution in [2.24, 2.45) is 23.2 Å². The molecular weight excluding hydrogens is 370 g/mol. The van der Waals surface area contributed by atoms with Crippen LogP contribution < -0.4 is 14.8 Å². The summed E-state index contributed by atoms with van der Waals surface area (Å²) in [5, 5.41) is 3.12. The highest BCUT2D eigenvalue weighted by Crippen LogP contribution is 2.61. The predicted molar refractivity (Wildman–Crippen MR) is 108 cm³/mol. The maximum atomic E-state index is 12.5. The highest BCUT2D eigenvalue weighted by molar-refractivity contribution is 5.94. The summed E-state index contributed by atoms with van der Waals surface area (Å²) in [6.07, 6.45) is 7.80. The Morgan fingerprint density at radius 2 is 1.69 bits per heavy atom. The Bertz CT molecular complexity index is 754. The number of nitrogens with one attached hydrogen (secondary N) is 1. The van der Waals surface area contributed by atoms with Gasteiger partial charge in [0.1, 0.15) is 17.1 Å². The Morgan fingerprint density at radius 3 is 2.24 bits per heavy atom. The Labute approximate surface area is 172 Å². The number of rotatable bonds is 7. The Balaban J connectivity index is 1.34. The van der Waals surface area contributed by atoms with E-state index >= 15 is 0 Å². The van der Waals surface area contributed by atoms with E-state index < -0.39 is 5.97 Å². The topological polar surface area (TPSA) is 73.9 Å². The van der Waals surface area contributed by atoms with E-state index in [2.05, 4.69) is 12.2 Å². The molecule has 4 aliphatic carbocycles. The largest absolute Gasteiger partial charge is 0.497 e. The van der Waals surface area contributed by atoms with E-state index in [1.54, 1.807) is 18.2 Å². The molecule has 4 saturated carbocycles. The lowest BCUT2D eigenvalue weighted by atomic mass is 9.48. The molecule has 0 unspecified atom stereocenters. The second-order valence-electron chi connectivity index (χ2n) is 9.21. The third-order valence-corrected chi connectivity index (χ3v) is 7.34. The fraction of sp³-hybridized carbons (Fsp3) is 0.652. The van der Waals surface area contributed by atoms with Gasteiger partial charge in [-0.2, -0.15) is 0 Å². The molecule has 0 spiro atoms. The van der Waals surface area contributed by atoms with E-state index in [9.17, 15) is 9.59 Å². The van der Waals surface area contributed by atoms with Crippen molar-refractivity contribution in [2.75, 3.05) is 20.8 Å². The van der Waals surface area contributed by atoms with Crippen LogP contribution >= 0.6 is 0 Å². The first kappa shape index (κ1) is 20.0. The molecule has 29 heavy (non-hydrogen) atoms. The molecule has 5 rings (SSSR count). The van der Waals surface area contributed by atoms with E-state index in [1.807, 2.05) is 0 Å². The van der Waals surface area contributed by atoms with Crippen molar-refractivity contribution in [2.45, 2.75) is 51.5 Å². The molecule has 6 nitrogen and oxygen atoms in total. The van der Waals surface area contributed by atoms with E-state index in [4.69, 9.17) is 14.2 Å². The normalized spacial score (nSPS) is 30.5. The maximum absolute atomic E-state index is 12.5. The van der Waals surface area contributed by atoms with Gasteiger partial charge in [-0.05, 0) is 86.8 Å². The molecule has 0 aromatic heterocycles. The number of amides is 1. The van der Waals surface area contributed by atoms with Gasteiger partial charge in [-0.3, -0.25) is 4.79 Å². The number of carbonyl (C=O) groups is 2. The molecule has 0 aliphatic heterocycles. The van der Waals surface area contributed by atoms with Crippen LogP contribution in [0.25, 0.3) is 0 Å². The molecular formula is C23H31NO5. The molecule has 4 fully saturated rings. The van der Waals surface area contributed by atoms with Crippen molar-refractivity contribution in [3.63, 3.8) is 0 Å². The average Bonchev–Trinajstić information content (AvgIpc) is 2.70. The minimum atomic E-state index is -0.599. The second kappa shape index (κ2) is 7.88. The molecule has 1 aromatic carbocycles. The van der Waals surface area contributed by atoms with Crippen molar-refractivity contribution in [1.29, 1.82) is 0 Å². The van der Waals surface area contributed by atoms with Crippen LogP contribution in [-0.4, -0.2) is 38.7 Å². The first-order valence-corrected chi connectivity index (χ1v) is 10.6. The number of hydrogen-bond donors (Lipinski definition) is 1. The van der Waals surface area contributed by atoms with Gasteiger partial charge in [0.05, 0.1) is 14.2 Å². The summed E-state index contributed by atoms with van der Waals surface area (Å²) in [6.45, 7) is 1.83. The number of esters is 1. The summed E-state index contributed by atoms with van der Waals surface area (Å²) in [5.74, 6) is 2.56. The lowest BCUT2D eigenvalue weighted by molar-refractivity contribution is -0.128. The van der Waals surface area contributed by atoms with Gasteiger partial charge in [0.25, 0.3) is 5.91 Å². The lowest BCUT2D eigenvalue weighted by Crippen LogP contribution is -2.56. The maximum Gasteiger partial charge on any atom is 0.342 e. The van der Waals surface area contributed by atoms with Crippen molar-refractivity contribution >= 4 is 11.9 Å². The molecule has 4 bridgehead atoms. The number of carbonyl (C=O) groups excluding carboxylic acids is 2. The van der Waals surface area contributed by atoms with Crippen LogP contribution in [0, 0.1) is 23.2 Å². The van der Waals surface area contributed by atoms with Crippen LogP contribution in [0.3, 0.4) is 0 Å². The minimum Gasteiger partial charge on any atom is -0.497 e. The van der Waals surface area contributed by atoms with E-state index in [0.717, 1.165) is 17.8 Å². The zero-order valence-corrected chi connectivity index (χ0v) is 17.5. The van der Waals surface area contributed by atoms with Crippen LogP contribution in [0.1, 0.15) is 55.8 Å². The lowest BCUT2D eigenvalue weighted by Gasteiger charge is -2.59. The molecule has 0 radical (unpaired) electrons. The second-order valence-corrected chi connectivity index (χ2v) is 9.21. The summed E-state index contributed by atoms with van der Waals surface area (Å²) in [7, 11) is 3.01. The summed E-state index contributed by atoms with van der Waals surface area (Å²) in [4.78, 5) is 25.0. The van der Waals surface area contributed by atoms with Gasteiger partial charge in [0.2, 0.25) is 0 Å². The number of benzene rings is 1. The number of ether oxygens (including phenoxy) is 3. The minimum absolute atomic E-state index is 0.105. The predicted octanol–water partition coefficient (Wildman–Crippen LogP) is 3.58. The Hall–Kier alpha value is -2.24. The van der Waals surface area contributed by atoms with E-state index in [1.165, 1.54) is 52.7 Å². The first-order valence-electron chi connectivity index (χ1n) is 10.6. The fourth-order valence-electron chi connectivity index (χ4n) is 6.33. The standard InChI is InChI=1S/C23H31NO5/c1-14(23-10-15-6-16(11-23)8-17(7-15)12-23)24-21(25)13-29-22(26)19-9-18(27-2)4-5-20(19)28-3/h4-5,9,14-17H,6-8,10-13H2,1-3H3,(H,24,25)/t14-,15?,16?,17?,23?/m0/s1. The summed E-state index contributed by atoms with van der Waals surface area (Å²) >= 11 is 0. The fourth-order valence-corrected chi connectivity index (χ4v) is 6.33. The Kier molecular flexibility index (Phi) is 5.45. The molecule has 1 amide bonds. The zero-order chi connectivity index (χ0) is 20.6. The van der Waals surface area contributed by atoms with Crippen LogP contribution in [0.4, 0.5) is 0 Å². The average molecular weight is 402 g/mol. The molecule has 1 aromatic rings. The Morgan fingerprint density at radius 1 is 1.07 bits per heavy atom. The monoisotopic (exact) mass is 401 g/mol. The van der Waals surface area contributed by atoms with Crippen molar-refractivity contribution in [3.05, 3.63) is 23.8 Å². The molecule has 0 heterocycles. The van der Waals surface area contributed by atoms with Crippen molar-refractivity contribution in [1.82, 2.24) is 5.32 Å². The van der Waals surface area contributed by atoms with Gasteiger partial charge in [-0.15, -0.1) is 0 Å². The van der Waals surface area contributed by atoms with Gasteiger partial charge in [0, 0.05) is 6.04 Å². The molecule has 0 saturated heterocycles. The van der Waals surface area contributed by atoms with Gasteiger partial charge in [0.15, 0.2) is 6.61 Å². The van der Waals surface area contributed by atoms with Crippen molar-refractivity contribution in [3.8, 4) is 11.5 Å². The molecule has 6 heteroatoms. The summed E-state index contributed by atoms with van der Waals surface area (Å²) in [6, 6.07) is 5.01. The van der Waals surface area contributed by atoms with E-state index in [0.29, 0.717) is 11.5 Å². The summed E-state index contributed by atoms with van der Waals surface area (Å²) in [5.41, 5.74) is 0.471. The molecule has 158 valence electrons. The van der Waals surface area contributed by atoms with Crippen molar-refractivity contribution < 1.29 is 23.8 Å². The molecule has 1 atom stereocenters. The van der Waals surface area contributed by atoms with Gasteiger partial charge in [-0.25, -0.2) is 4.79 Å². The van der Waals surface area contributed by atoms with Crippen LogP contribution in [-0.2, 0) is 9.53 Å². The highest BCUT2D eigenvalue weighted by Gasteiger charge is 2.53. The SMILES string of the molecule is COc1ccc(OC)c(C(=O)OCC(=O)N[C@@H](C)C23CC4CC(CC(C4)C2)C3)c1. The third kappa shape index (κ3) is 3.94. The third-order valence-electron chi connectivity index (χ3n) is 7.34. The zero-order valence-electron chi connectivity index (χ0n) is 17.5. The highest BCUT2D eigenvalue weighted by atomic mass is 16.5. The van der Waals surface area contributed by atoms with Gasteiger partial charge >= 0.3 is 5.97 Å². The molecule has 4 aliphatic rings. The molecule has 1 N–H and O–H groups in total. The van der Waals surface area contributed by atoms with Crippen LogP contribution in [0.15, 0.2) is 18.2 Å². The van der Waals surface area contributed by atoms with Gasteiger partial charge < -0.3 is 19.5 Å². The van der Waals surface area contributed by atoms with Crippen LogP contribution in [0.5, 0.6) is 11.5 Å².